The molecule has 0 aromatic heterocycles. The summed E-state index contributed by atoms with van der Waals surface area (Å²) in [5.41, 5.74) is 1.58. The maximum Gasteiger partial charge on any atom is 0.131 e. The summed E-state index contributed by atoms with van der Waals surface area (Å²) >= 11 is 0. The molecule has 2 rings (SSSR count). The van der Waals surface area contributed by atoms with Crippen molar-refractivity contribution in [2.24, 2.45) is 5.16 Å². The van der Waals surface area contributed by atoms with Gasteiger partial charge < -0.3 is 4.84 Å². The van der Waals surface area contributed by atoms with Gasteiger partial charge in [-0.15, -0.1) is 0 Å². The zero-order valence-electron chi connectivity index (χ0n) is 9.60. The van der Waals surface area contributed by atoms with Gasteiger partial charge in [0, 0.05) is 6.42 Å². The van der Waals surface area contributed by atoms with Crippen LogP contribution >= 0.6 is 0 Å². The van der Waals surface area contributed by atoms with E-state index in [1.165, 1.54) is 12.8 Å². The lowest BCUT2D eigenvalue weighted by Gasteiger charge is -2.08. The quantitative estimate of drug-likeness (QED) is 0.586. The lowest BCUT2D eigenvalue weighted by molar-refractivity contribution is 0.210. The molecular formula is C14H14N2O. The highest BCUT2D eigenvalue weighted by molar-refractivity contribution is 5.79. The van der Waals surface area contributed by atoms with Gasteiger partial charge in [-0.05, 0) is 43.0 Å². The minimum Gasteiger partial charge on any atom is -0.362 e. The van der Waals surface area contributed by atoms with Crippen LogP contribution in [0.5, 0.6) is 0 Å². The van der Waals surface area contributed by atoms with E-state index >= 15 is 0 Å². The molecule has 1 aliphatic rings. The van der Waals surface area contributed by atoms with Gasteiger partial charge in [-0.2, -0.15) is 5.26 Å². The van der Waals surface area contributed by atoms with Crippen LogP contribution in [0.4, 0.5) is 0 Å². The smallest absolute Gasteiger partial charge is 0.131 e. The minimum atomic E-state index is 0.651. The highest BCUT2D eigenvalue weighted by Crippen LogP contribution is 2.18. The topological polar surface area (TPSA) is 45.4 Å². The number of oxime groups is 1. The van der Waals surface area contributed by atoms with Crippen LogP contribution in [0.2, 0.25) is 0 Å². The number of nitriles is 1. The van der Waals surface area contributed by atoms with Gasteiger partial charge in [-0.25, -0.2) is 0 Å². The Labute approximate surface area is 101 Å². The SMILES string of the molecule is N#Cc1ccc(C=NOC2=CCCCC2)cc1. The molecule has 3 heteroatoms. The predicted molar refractivity (Wildman–Crippen MR) is 66.4 cm³/mol. The number of hydrogen-bond acceptors (Lipinski definition) is 3. The first-order chi connectivity index (χ1) is 8.38. The molecule has 0 spiro atoms. The highest BCUT2D eigenvalue weighted by atomic mass is 16.6. The normalized spacial score (nSPS) is 15.4. The van der Waals surface area contributed by atoms with Crippen molar-refractivity contribution < 1.29 is 4.84 Å². The molecule has 0 unspecified atom stereocenters. The second kappa shape index (κ2) is 5.86. The van der Waals surface area contributed by atoms with Crippen LogP contribution in [0.3, 0.4) is 0 Å². The summed E-state index contributed by atoms with van der Waals surface area (Å²) in [5.74, 6) is 0.959. The monoisotopic (exact) mass is 226 g/mol. The molecule has 3 nitrogen and oxygen atoms in total. The van der Waals surface area contributed by atoms with E-state index in [-0.39, 0.29) is 0 Å². The van der Waals surface area contributed by atoms with Gasteiger partial charge in [0.1, 0.15) is 5.76 Å². The van der Waals surface area contributed by atoms with E-state index in [9.17, 15) is 0 Å². The zero-order valence-corrected chi connectivity index (χ0v) is 9.60. The molecule has 0 heterocycles. The number of benzene rings is 1. The fourth-order valence-corrected chi connectivity index (χ4v) is 1.69. The molecule has 1 aromatic rings. The van der Waals surface area contributed by atoms with Crippen molar-refractivity contribution in [3.8, 4) is 6.07 Å². The number of nitrogens with zero attached hydrogens (tertiary/aromatic N) is 2. The number of hydrogen-bond donors (Lipinski definition) is 0. The van der Waals surface area contributed by atoms with Crippen LogP contribution in [0, 0.1) is 11.3 Å². The van der Waals surface area contributed by atoms with Crippen molar-refractivity contribution in [1.29, 1.82) is 5.26 Å². The molecule has 0 bridgehead atoms. The van der Waals surface area contributed by atoms with Gasteiger partial charge in [0.25, 0.3) is 0 Å². The fourth-order valence-electron chi connectivity index (χ4n) is 1.69. The van der Waals surface area contributed by atoms with Crippen LogP contribution < -0.4 is 0 Å². The van der Waals surface area contributed by atoms with Crippen molar-refractivity contribution in [1.82, 2.24) is 0 Å². The van der Waals surface area contributed by atoms with E-state index in [0.29, 0.717) is 5.56 Å². The summed E-state index contributed by atoms with van der Waals surface area (Å²) < 4.78 is 0. The Morgan fingerprint density at radius 3 is 2.71 bits per heavy atom. The molecule has 0 N–H and O–H groups in total. The van der Waals surface area contributed by atoms with E-state index in [1.54, 1.807) is 18.3 Å². The van der Waals surface area contributed by atoms with Crippen LogP contribution in [0.25, 0.3) is 0 Å². The summed E-state index contributed by atoms with van der Waals surface area (Å²) in [5, 5.41) is 12.6. The first kappa shape index (κ1) is 11.4. The molecule has 1 aliphatic carbocycles. The molecule has 0 aliphatic heterocycles. The molecule has 0 saturated heterocycles. The molecular weight excluding hydrogens is 212 g/mol. The molecule has 0 radical (unpaired) electrons. The third-order valence-corrected chi connectivity index (χ3v) is 2.66. The third kappa shape index (κ3) is 3.46. The highest BCUT2D eigenvalue weighted by Gasteiger charge is 2.03. The Kier molecular flexibility index (Phi) is 3.93. The zero-order chi connectivity index (χ0) is 11.9. The van der Waals surface area contributed by atoms with E-state index in [1.807, 2.05) is 12.1 Å². The molecule has 0 atom stereocenters. The maximum atomic E-state index is 8.66. The van der Waals surface area contributed by atoms with Gasteiger partial charge in [0.2, 0.25) is 0 Å². The lowest BCUT2D eigenvalue weighted by atomic mass is 10.1. The van der Waals surface area contributed by atoms with Crippen molar-refractivity contribution in [2.75, 3.05) is 0 Å². The van der Waals surface area contributed by atoms with Crippen molar-refractivity contribution in [3.05, 3.63) is 47.2 Å². The molecule has 0 saturated carbocycles. The summed E-state index contributed by atoms with van der Waals surface area (Å²) in [6.45, 7) is 0. The van der Waals surface area contributed by atoms with Gasteiger partial charge in [-0.3, -0.25) is 0 Å². The van der Waals surface area contributed by atoms with Crippen LogP contribution in [-0.2, 0) is 4.84 Å². The third-order valence-electron chi connectivity index (χ3n) is 2.66. The Morgan fingerprint density at radius 1 is 1.24 bits per heavy atom. The van der Waals surface area contributed by atoms with Gasteiger partial charge in [0.05, 0.1) is 17.8 Å². The molecule has 0 amide bonds. The van der Waals surface area contributed by atoms with E-state index < -0.39 is 0 Å². The molecule has 86 valence electrons. The first-order valence-electron chi connectivity index (χ1n) is 5.78. The van der Waals surface area contributed by atoms with Crippen molar-refractivity contribution in [2.45, 2.75) is 25.7 Å². The first-order valence-corrected chi connectivity index (χ1v) is 5.78. The van der Waals surface area contributed by atoms with E-state index in [4.69, 9.17) is 10.1 Å². The Bertz CT molecular complexity index is 466. The Balaban J connectivity index is 1.91. The van der Waals surface area contributed by atoms with Crippen molar-refractivity contribution in [3.63, 3.8) is 0 Å². The standard InChI is InChI=1S/C14H14N2O/c15-10-12-6-8-13(9-7-12)11-16-17-14-4-2-1-3-5-14/h4,6-9,11H,1-3,5H2. The lowest BCUT2D eigenvalue weighted by Crippen LogP contribution is -1.93. The van der Waals surface area contributed by atoms with Gasteiger partial charge in [-0.1, -0.05) is 17.3 Å². The largest absolute Gasteiger partial charge is 0.362 e. The number of rotatable bonds is 3. The molecule has 1 aromatic carbocycles. The van der Waals surface area contributed by atoms with Crippen molar-refractivity contribution >= 4 is 6.21 Å². The Hall–Kier alpha value is -2.08. The molecule has 0 fully saturated rings. The molecule has 17 heavy (non-hydrogen) atoms. The second-order valence-electron chi connectivity index (χ2n) is 3.98. The Morgan fingerprint density at radius 2 is 2.06 bits per heavy atom. The van der Waals surface area contributed by atoms with Crippen LogP contribution in [-0.4, -0.2) is 6.21 Å². The number of allylic oxidation sites excluding steroid dienone is 2. The predicted octanol–water partition coefficient (Wildman–Crippen LogP) is 3.37. The average Bonchev–Trinajstić information content (AvgIpc) is 2.41. The average molecular weight is 226 g/mol. The van der Waals surface area contributed by atoms with E-state index in [0.717, 1.165) is 24.2 Å². The maximum absolute atomic E-state index is 8.66. The van der Waals surface area contributed by atoms with E-state index in [2.05, 4.69) is 17.3 Å². The summed E-state index contributed by atoms with van der Waals surface area (Å²) in [7, 11) is 0. The minimum absolute atomic E-state index is 0.651. The summed E-state index contributed by atoms with van der Waals surface area (Å²) in [4.78, 5) is 5.31. The summed E-state index contributed by atoms with van der Waals surface area (Å²) in [6, 6.07) is 9.30. The second-order valence-corrected chi connectivity index (χ2v) is 3.98. The summed E-state index contributed by atoms with van der Waals surface area (Å²) in [6.07, 6.45) is 8.24. The fraction of sp³-hybridized carbons (Fsp3) is 0.286. The van der Waals surface area contributed by atoms with Gasteiger partial charge >= 0.3 is 0 Å². The van der Waals surface area contributed by atoms with Gasteiger partial charge in [0.15, 0.2) is 0 Å². The van der Waals surface area contributed by atoms with Crippen LogP contribution in [0.15, 0.2) is 41.3 Å². The van der Waals surface area contributed by atoms with Crippen LogP contribution in [0.1, 0.15) is 36.8 Å².